The molecule has 0 saturated carbocycles. The molecule has 0 nitrogen and oxygen atoms in total. The molecule has 2 aromatic rings. The molecule has 0 spiro atoms. The van der Waals surface area contributed by atoms with E-state index in [9.17, 15) is 0 Å². The third-order valence-electron chi connectivity index (χ3n) is 12.6. The number of rotatable bonds is 2. The second-order valence-corrected chi connectivity index (χ2v) is 14.1. The molecule has 6 rings (SSSR count). The Morgan fingerprint density at radius 3 is 2.27 bits per heavy atom. The number of hydrogen-bond donors (Lipinski definition) is 0. The molecule has 5 atom stereocenters. The van der Waals surface area contributed by atoms with Crippen LogP contribution in [0.25, 0.3) is 17.2 Å². The minimum atomic E-state index is -0.156. The highest BCUT2D eigenvalue weighted by Crippen LogP contribution is 2.74. The van der Waals surface area contributed by atoms with E-state index in [1.54, 1.807) is 0 Å². The summed E-state index contributed by atoms with van der Waals surface area (Å²) in [5, 5.41) is 0. The van der Waals surface area contributed by atoms with Gasteiger partial charge in [0.25, 0.3) is 0 Å². The number of allylic oxidation sites excluding steroid dienone is 8. The Morgan fingerprint density at radius 2 is 1.62 bits per heavy atom. The lowest BCUT2D eigenvalue weighted by atomic mass is 9.36. The third kappa shape index (κ3) is 3.03. The number of hydrogen-bond acceptors (Lipinski definition) is 0. The first kappa shape index (κ1) is 27.1. The van der Waals surface area contributed by atoms with E-state index < -0.39 is 0 Å². The molecular formula is C40H46. The molecule has 4 aliphatic rings. The smallest absolute Gasteiger partial charge is 0.0196 e. The molecule has 0 unspecified atom stereocenters. The van der Waals surface area contributed by atoms with Gasteiger partial charge in [0.05, 0.1) is 0 Å². The molecule has 0 N–H and O–H groups in total. The van der Waals surface area contributed by atoms with E-state index in [2.05, 4.69) is 111 Å². The fraction of sp³-hybridized carbons (Fsp3) is 0.400. The summed E-state index contributed by atoms with van der Waals surface area (Å²) in [4.78, 5) is 0. The topological polar surface area (TPSA) is 0 Å². The van der Waals surface area contributed by atoms with E-state index in [1.165, 1.54) is 72.4 Å². The molecule has 0 saturated heterocycles. The second kappa shape index (κ2) is 8.45. The number of fused-ring (bicyclic) bond motifs is 4. The molecule has 0 amide bonds. The highest BCUT2D eigenvalue weighted by Gasteiger charge is 2.64. The van der Waals surface area contributed by atoms with Crippen LogP contribution < -0.4 is 0 Å². The second-order valence-electron chi connectivity index (χ2n) is 14.1. The zero-order valence-corrected chi connectivity index (χ0v) is 26.2. The highest BCUT2D eigenvalue weighted by molar-refractivity contribution is 5.94. The molecule has 206 valence electrons. The van der Waals surface area contributed by atoms with Gasteiger partial charge in [-0.25, -0.2) is 0 Å². The van der Waals surface area contributed by atoms with Gasteiger partial charge in [-0.15, -0.1) is 0 Å². The van der Waals surface area contributed by atoms with Gasteiger partial charge in [0.1, 0.15) is 0 Å². The first-order valence-electron chi connectivity index (χ1n) is 15.1. The minimum Gasteiger partial charge on any atom is -0.0955 e. The zero-order chi connectivity index (χ0) is 29.1. The summed E-state index contributed by atoms with van der Waals surface area (Å²) in [5.74, 6) is 0.825. The van der Waals surface area contributed by atoms with Crippen LogP contribution in [0.4, 0.5) is 0 Å². The summed E-state index contributed by atoms with van der Waals surface area (Å²) in [6.07, 6.45) is 4.47. The van der Waals surface area contributed by atoms with Crippen molar-refractivity contribution in [1.82, 2.24) is 0 Å². The quantitative estimate of drug-likeness (QED) is 0.365. The van der Waals surface area contributed by atoms with Crippen LogP contribution in [0, 0.1) is 29.1 Å². The predicted octanol–water partition coefficient (Wildman–Crippen LogP) is 11.1. The Hall–Kier alpha value is -3.12. The maximum Gasteiger partial charge on any atom is 0.0196 e. The van der Waals surface area contributed by atoms with Gasteiger partial charge in [-0.05, 0) is 119 Å². The lowest BCUT2D eigenvalue weighted by Gasteiger charge is -2.67. The number of benzene rings is 2. The van der Waals surface area contributed by atoms with Crippen molar-refractivity contribution in [3.05, 3.63) is 123 Å². The average Bonchev–Trinajstić information content (AvgIpc) is 3.33. The van der Waals surface area contributed by atoms with E-state index in [0.29, 0.717) is 11.8 Å². The van der Waals surface area contributed by atoms with Crippen LogP contribution in [0.15, 0.2) is 89.6 Å². The fourth-order valence-corrected chi connectivity index (χ4v) is 9.95. The first-order valence-corrected chi connectivity index (χ1v) is 15.1. The molecule has 2 aromatic carbocycles. The summed E-state index contributed by atoms with van der Waals surface area (Å²) < 4.78 is 0. The van der Waals surface area contributed by atoms with Crippen molar-refractivity contribution in [2.45, 2.75) is 81.1 Å². The van der Waals surface area contributed by atoms with Crippen LogP contribution in [0.1, 0.15) is 101 Å². The van der Waals surface area contributed by atoms with Crippen molar-refractivity contribution < 1.29 is 0 Å². The first-order chi connectivity index (χ1) is 18.7. The van der Waals surface area contributed by atoms with Gasteiger partial charge in [-0.2, -0.15) is 0 Å². The van der Waals surface area contributed by atoms with Gasteiger partial charge in [0.15, 0.2) is 0 Å². The summed E-state index contributed by atoms with van der Waals surface area (Å²) in [7, 11) is 0. The van der Waals surface area contributed by atoms with Crippen molar-refractivity contribution in [3.8, 4) is 0 Å². The summed E-state index contributed by atoms with van der Waals surface area (Å²) >= 11 is 0. The van der Waals surface area contributed by atoms with E-state index in [0.717, 1.165) is 18.4 Å². The SMILES string of the molecule is C=C(C)C1=C(C)C[C@@]2(C)[C@H](C)[C@]3(C)C(=C(C)[C@@]2(C)C1=C)C(=C)c1c(ccc(C2=Cc4ccccc4C2)c1C)[C@H]3C. The van der Waals surface area contributed by atoms with Gasteiger partial charge < -0.3 is 0 Å². The van der Waals surface area contributed by atoms with Crippen LogP contribution in [0.5, 0.6) is 0 Å². The Balaban J connectivity index is 1.58. The zero-order valence-electron chi connectivity index (χ0n) is 26.2. The lowest BCUT2D eigenvalue weighted by molar-refractivity contribution is -0.0260. The summed E-state index contributed by atoms with van der Waals surface area (Å²) in [5.41, 5.74) is 19.0. The van der Waals surface area contributed by atoms with Crippen LogP contribution in [-0.4, -0.2) is 0 Å². The molecule has 0 aromatic heterocycles. The van der Waals surface area contributed by atoms with Gasteiger partial charge in [0, 0.05) is 10.8 Å². The normalized spacial score (nSPS) is 32.9. The Labute approximate surface area is 243 Å². The van der Waals surface area contributed by atoms with Gasteiger partial charge in [-0.1, -0.05) is 114 Å². The van der Waals surface area contributed by atoms with Crippen molar-refractivity contribution in [2.75, 3.05) is 0 Å². The Kier molecular flexibility index (Phi) is 5.72. The van der Waals surface area contributed by atoms with Crippen LogP contribution in [-0.2, 0) is 6.42 Å². The molecule has 0 radical (unpaired) electrons. The standard InChI is InChI=1S/C40H46/c1-22(2)35-23(3)21-38(10)29(9)39(11)26(6)34-18-17-33(32-19-30-15-13-14-16-31(30)20-32)24(4)36(34)25(5)37(39)28(8)40(38,12)27(35)7/h13-19,26,29H,1,5,7,20-21H2,2-4,6,8-12H3/t26-,29+,38+,39-,40-/m1/s1. The van der Waals surface area contributed by atoms with E-state index >= 15 is 0 Å². The fourth-order valence-electron chi connectivity index (χ4n) is 9.95. The van der Waals surface area contributed by atoms with Crippen molar-refractivity contribution in [1.29, 1.82) is 0 Å². The molecule has 4 aliphatic carbocycles. The van der Waals surface area contributed by atoms with Gasteiger partial charge >= 0.3 is 0 Å². The van der Waals surface area contributed by atoms with Crippen molar-refractivity contribution >= 4 is 17.2 Å². The Bertz CT molecular complexity index is 1650. The van der Waals surface area contributed by atoms with E-state index in [4.69, 9.17) is 13.2 Å². The maximum absolute atomic E-state index is 4.92. The van der Waals surface area contributed by atoms with Gasteiger partial charge in [0.2, 0.25) is 0 Å². The van der Waals surface area contributed by atoms with E-state index in [1.807, 2.05) is 0 Å². The van der Waals surface area contributed by atoms with Crippen LogP contribution >= 0.6 is 0 Å². The van der Waals surface area contributed by atoms with Gasteiger partial charge in [-0.3, -0.25) is 0 Å². The molecule has 0 fully saturated rings. The molecule has 0 heteroatoms. The van der Waals surface area contributed by atoms with Crippen LogP contribution in [0.3, 0.4) is 0 Å². The summed E-state index contributed by atoms with van der Waals surface area (Å²) in [6.45, 7) is 35.9. The van der Waals surface area contributed by atoms with Crippen LogP contribution in [0.2, 0.25) is 0 Å². The average molecular weight is 527 g/mol. The van der Waals surface area contributed by atoms with E-state index in [-0.39, 0.29) is 16.2 Å². The summed E-state index contributed by atoms with van der Waals surface area (Å²) in [6, 6.07) is 13.6. The van der Waals surface area contributed by atoms with Crippen molar-refractivity contribution in [2.24, 2.45) is 22.2 Å². The predicted molar refractivity (Wildman–Crippen MR) is 174 cm³/mol. The largest absolute Gasteiger partial charge is 0.0955 e. The maximum atomic E-state index is 4.92. The lowest BCUT2D eigenvalue weighted by Crippen LogP contribution is -2.58. The molecular weight excluding hydrogens is 480 g/mol. The van der Waals surface area contributed by atoms with Crippen molar-refractivity contribution in [3.63, 3.8) is 0 Å². The Morgan fingerprint density at radius 1 is 0.950 bits per heavy atom. The molecule has 0 bridgehead atoms. The monoisotopic (exact) mass is 526 g/mol. The third-order valence-corrected chi connectivity index (χ3v) is 12.6. The molecule has 0 heterocycles. The molecule has 40 heavy (non-hydrogen) atoms. The highest BCUT2D eigenvalue weighted by atomic mass is 14.7. The molecule has 0 aliphatic heterocycles. The minimum absolute atomic E-state index is 0.0134.